The van der Waals surface area contributed by atoms with Gasteiger partial charge in [-0.15, -0.1) is 0 Å². The number of hydrogen-bond donors (Lipinski definition) is 1. The predicted molar refractivity (Wildman–Crippen MR) is 131 cm³/mol. The van der Waals surface area contributed by atoms with Crippen LogP contribution in [0, 0.1) is 5.82 Å². The Kier molecular flexibility index (Phi) is 9.47. The molecule has 0 saturated carbocycles. The first kappa shape index (κ1) is 25.2. The summed E-state index contributed by atoms with van der Waals surface area (Å²) in [4.78, 5) is 28.1. The van der Waals surface area contributed by atoms with Crippen molar-refractivity contribution < 1.29 is 18.7 Å². The summed E-state index contributed by atoms with van der Waals surface area (Å²) in [5.74, 6) is -0.651. The molecule has 3 rings (SSSR count). The van der Waals surface area contributed by atoms with E-state index in [0.717, 1.165) is 17.5 Å². The molecule has 0 radical (unpaired) electrons. The second-order valence-electron chi connectivity index (χ2n) is 7.85. The molecule has 0 unspecified atom stereocenters. The first-order chi connectivity index (χ1) is 16.5. The zero-order valence-corrected chi connectivity index (χ0v) is 19.8. The number of ether oxygens (including phenoxy) is 1. The third-order valence-electron chi connectivity index (χ3n) is 5.29. The number of halogens is 2. The Morgan fingerprint density at radius 1 is 1.00 bits per heavy atom. The molecular weight excluding hydrogens is 455 g/mol. The number of rotatable bonds is 11. The van der Waals surface area contributed by atoms with Crippen molar-refractivity contribution in [1.82, 2.24) is 10.2 Å². The van der Waals surface area contributed by atoms with E-state index in [4.69, 9.17) is 16.3 Å². The average molecular weight is 483 g/mol. The number of nitrogens with one attached hydrogen (secondary N) is 1. The summed E-state index contributed by atoms with van der Waals surface area (Å²) < 4.78 is 18.8. The number of carbonyl (C=O) groups excluding carboxylic acids is 2. The number of nitrogens with zero attached hydrogens (tertiary/aromatic N) is 1. The van der Waals surface area contributed by atoms with Crippen molar-refractivity contribution in [1.29, 1.82) is 0 Å². The molecule has 0 aromatic heterocycles. The van der Waals surface area contributed by atoms with E-state index in [9.17, 15) is 14.0 Å². The molecule has 2 amide bonds. The molecule has 0 aliphatic heterocycles. The first-order valence-electron chi connectivity index (χ1n) is 11.2. The zero-order chi connectivity index (χ0) is 24.3. The largest absolute Gasteiger partial charge is 0.484 e. The third kappa shape index (κ3) is 7.32. The Morgan fingerprint density at radius 3 is 2.35 bits per heavy atom. The van der Waals surface area contributed by atoms with Gasteiger partial charge in [0.15, 0.2) is 6.61 Å². The van der Waals surface area contributed by atoms with Gasteiger partial charge in [-0.05, 0) is 47.9 Å². The van der Waals surface area contributed by atoms with Gasteiger partial charge in [-0.1, -0.05) is 67.1 Å². The van der Waals surface area contributed by atoms with Crippen LogP contribution in [0.2, 0.25) is 5.02 Å². The van der Waals surface area contributed by atoms with E-state index < -0.39 is 11.9 Å². The van der Waals surface area contributed by atoms with E-state index in [-0.39, 0.29) is 25.0 Å². The number of hydrogen-bond acceptors (Lipinski definition) is 3. The molecule has 1 atom stereocenters. The lowest BCUT2D eigenvalue weighted by Crippen LogP contribution is -2.51. The van der Waals surface area contributed by atoms with Gasteiger partial charge in [-0.25, -0.2) is 4.39 Å². The minimum atomic E-state index is -0.769. The summed E-state index contributed by atoms with van der Waals surface area (Å²) in [7, 11) is 0. The number of amides is 2. The summed E-state index contributed by atoms with van der Waals surface area (Å²) in [5.41, 5.74) is 1.65. The fourth-order valence-corrected chi connectivity index (χ4v) is 3.68. The summed E-state index contributed by atoms with van der Waals surface area (Å²) in [6.45, 7) is 2.31. The Balaban J connectivity index is 1.89. The van der Waals surface area contributed by atoms with E-state index >= 15 is 0 Å². The van der Waals surface area contributed by atoms with Crippen molar-refractivity contribution in [2.45, 2.75) is 32.4 Å². The number of benzene rings is 3. The fraction of sp³-hybridized carbons (Fsp3) is 0.259. The van der Waals surface area contributed by atoms with Gasteiger partial charge in [0.25, 0.3) is 5.91 Å². The van der Waals surface area contributed by atoms with Crippen LogP contribution in [0.3, 0.4) is 0 Å². The van der Waals surface area contributed by atoms with Gasteiger partial charge in [-0.2, -0.15) is 0 Å². The monoisotopic (exact) mass is 482 g/mol. The molecule has 0 aliphatic rings. The molecule has 3 aromatic carbocycles. The molecule has 0 bridgehead atoms. The van der Waals surface area contributed by atoms with Crippen LogP contribution in [0.15, 0.2) is 78.9 Å². The second kappa shape index (κ2) is 12.8. The van der Waals surface area contributed by atoms with Crippen molar-refractivity contribution in [2.24, 2.45) is 0 Å². The van der Waals surface area contributed by atoms with Gasteiger partial charge >= 0.3 is 0 Å². The van der Waals surface area contributed by atoms with Crippen LogP contribution in [0.1, 0.15) is 24.5 Å². The van der Waals surface area contributed by atoms with Crippen molar-refractivity contribution >= 4 is 23.4 Å². The van der Waals surface area contributed by atoms with E-state index in [1.807, 2.05) is 55.5 Å². The molecule has 0 heterocycles. The van der Waals surface area contributed by atoms with Crippen molar-refractivity contribution in [3.63, 3.8) is 0 Å². The summed E-state index contributed by atoms with van der Waals surface area (Å²) in [5, 5.41) is 3.43. The Bertz CT molecular complexity index is 1080. The Morgan fingerprint density at radius 2 is 1.68 bits per heavy atom. The molecule has 5 nitrogen and oxygen atoms in total. The molecule has 0 saturated heterocycles. The second-order valence-corrected chi connectivity index (χ2v) is 8.26. The third-order valence-corrected chi connectivity index (χ3v) is 5.66. The van der Waals surface area contributed by atoms with E-state index in [0.29, 0.717) is 23.7 Å². The zero-order valence-electron chi connectivity index (χ0n) is 19.0. The highest BCUT2D eigenvalue weighted by Crippen LogP contribution is 2.21. The molecule has 0 aliphatic carbocycles. The maximum Gasteiger partial charge on any atom is 0.261 e. The van der Waals surface area contributed by atoms with Crippen LogP contribution in [0.5, 0.6) is 5.75 Å². The molecule has 178 valence electrons. The van der Waals surface area contributed by atoms with Crippen LogP contribution in [0.25, 0.3) is 0 Å². The Hall–Kier alpha value is -3.38. The van der Waals surface area contributed by atoms with Gasteiger partial charge in [0, 0.05) is 24.5 Å². The molecular formula is C27H28ClFN2O3. The highest BCUT2D eigenvalue weighted by molar-refractivity contribution is 6.31. The molecule has 0 fully saturated rings. The lowest BCUT2D eigenvalue weighted by atomic mass is 10.0. The lowest BCUT2D eigenvalue weighted by molar-refractivity contribution is -0.142. The van der Waals surface area contributed by atoms with Crippen molar-refractivity contribution in [3.8, 4) is 5.75 Å². The number of carbonyl (C=O) groups is 2. The molecule has 1 N–H and O–H groups in total. The lowest BCUT2D eigenvalue weighted by Gasteiger charge is -2.31. The highest BCUT2D eigenvalue weighted by Gasteiger charge is 2.31. The molecule has 0 spiro atoms. The molecule has 34 heavy (non-hydrogen) atoms. The van der Waals surface area contributed by atoms with Gasteiger partial charge in [0.05, 0.1) is 0 Å². The molecule has 7 heteroatoms. The SMILES string of the molecule is CCCNC(=O)[C@@H](Cc1ccccc1)N(Cc1ccccc1Cl)C(=O)COc1ccc(F)cc1. The van der Waals surface area contributed by atoms with Crippen molar-refractivity contribution in [2.75, 3.05) is 13.2 Å². The van der Waals surface area contributed by atoms with Crippen LogP contribution in [-0.4, -0.2) is 35.9 Å². The van der Waals surface area contributed by atoms with E-state index in [2.05, 4.69) is 5.32 Å². The average Bonchev–Trinajstić information content (AvgIpc) is 2.85. The fourth-order valence-electron chi connectivity index (χ4n) is 3.49. The maximum absolute atomic E-state index is 13.4. The van der Waals surface area contributed by atoms with E-state index in [1.54, 1.807) is 6.07 Å². The Labute approximate surface area is 204 Å². The van der Waals surface area contributed by atoms with Crippen molar-refractivity contribution in [3.05, 3.63) is 101 Å². The first-order valence-corrected chi connectivity index (χ1v) is 11.6. The minimum Gasteiger partial charge on any atom is -0.484 e. The summed E-state index contributed by atoms with van der Waals surface area (Å²) in [6.07, 6.45) is 1.11. The molecule has 3 aromatic rings. The van der Waals surface area contributed by atoms with Gasteiger partial charge < -0.3 is 15.0 Å². The maximum atomic E-state index is 13.4. The van der Waals surface area contributed by atoms with Crippen LogP contribution in [0.4, 0.5) is 4.39 Å². The highest BCUT2D eigenvalue weighted by atomic mass is 35.5. The van der Waals surface area contributed by atoms with Crippen LogP contribution in [-0.2, 0) is 22.6 Å². The summed E-state index contributed by atoms with van der Waals surface area (Å²) in [6, 6.07) is 21.4. The normalized spacial score (nSPS) is 11.5. The smallest absolute Gasteiger partial charge is 0.261 e. The topological polar surface area (TPSA) is 58.6 Å². The summed E-state index contributed by atoms with van der Waals surface area (Å²) >= 11 is 6.38. The quantitative estimate of drug-likeness (QED) is 0.417. The van der Waals surface area contributed by atoms with Crippen LogP contribution >= 0.6 is 11.6 Å². The van der Waals surface area contributed by atoms with Gasteiger partial charge in [0.1, 0.15) is 17.6 Å². The standard InChI is InChI=1S/C27H28ClFN2O3/c1-2-16-30-27(33)25(17-20-8-4-3-5-9-20)31(18-21-10-6-7-11-24(21)28)26(32)19-34-23-14-12-22(29)13-15-23/h3-15,25H,2,16-19H2,1H3,(H,30,33)/t25-/m1/s1. The predicted octanol–water partition coefficient (Wildman–Crippen LogP) is 5.02. The van der Waals surface area contributed by atoms with Crippen LogP contribution < -0.4 is 10.1 Å². The van der Waals surface area contributed by atoms with Gasteiger partial charge in [0.2, 0.25) is 5.91 Å². The minimum absolute atomic E-state index is 0.141. The van der Waals surface area contributed by atoms with E-state index in [1.165, 1.54) is 29.2 Å². The van der Waals surface area contributed by atoms with Gasteiger partial charge in [-0.3, -0.25) is 9.59 Å².